The van der Waals surface area contributed by atoms with Gasteiger partial charge in [0.25, 0.3) is 6.43 Å². The highest BCUT2D eigenvalue weighted by molar-refractivity contribution is 5.37. The quantitative estimate of drug-likeness (QED) is 0.319. The smallest absolute Gasteiger partial charge is 0.266 e. The minimum Gasteiger partial charge on any atom is -0.352 e. The van der Waals surface area contributed by atoms with E-state index < -0.39 is 12.2 Å². The van der Waals surface area contributed by atoms with Gasteiger partial charge in [-0.05, 0) is 86.7 Å². The molecule has 2 aliphatic carbocycles. The van der Waals surface area contributed by atoms with Crippen LogP contribution in [-0.4, -0.2) is 19.5 Å². The third-order valence-electron chi connectivity index (χ3n) is 9.22. The van der Waals surface area contributed by atoms with Gasteiger partial charge in [-0.15, -0.1) is 0 Å². The summed E-state index contributed by atoms with van der Waals surface area (Å²) in [5.74, 6) is 1.68. The van der Waals surface area contributed by atoms with Crippen LogP contribution in [0, 0.1) is 29.5 Å². The number of hydrogen-bond acceptors (Lipinski definition) is 2. The lowest BCUT2D eigenvalue weighted by molar-refractivity contribution is -0.237. The Labute approximate surface area is 210 Å². The van der Waals surface area contributed by atoms with Crippen LogP contribution < -0.4 is 0 Å². The molecule has 0 aromatic heterocycles. The zero-order valence-corrected chi connectivity index (χ0v) is 21.8. The predicted octanol–water partition coefficient (Wildman–Crippen LogP) is 8.98. The highest BCUT2D eigenvalue weighted by atomic mass is 19.3. The number of benzene rings is 1. The Kier molecular flexibility index (Phi) is 9.98. The van der Waals surface area contributed by atoms with Crippen LogP contribution >= 0.6 is 0 Å². The van der Waals surface area contributed by atoms with Crippen molar-refractivity contribution in [2.75, 3.05) is 13.2 Å². The minimum absolute atomic E-state index is 0.0281. The van der Waals surface area contributed by atoms with E-state index in [-0.39, 0.29) is 17.8 Å². The fraction of sp³-hybridized carbons (Fsp3) is 0.800. The van der Waals surface area contributed by atoms with E-state index in [0.717, 1.165) is 44.8 Å². The summed E-state index contributed by atoms with van der Waals surface area (Å²) in [6.45, 7) is 5.57. The molecule has 0 unspecified atom stereocenters. The molecule has 1 aromatic carbocycles. The van der Waals surface area contributed by atoms with Crippen molar-refractivity contribution < 1.29 is 22.6 Å². The van der Waals surface area contributed by atoms with Crippen molar-refractivity contribution in [3.8, 4) is 0 Å². The lowest BCUT2D eigenvalue weighted by atomic mass is 9.73. The Balaban J connectivity index is 1.22. The Hall–Kier alpha value is -1.07. The molecule has 0 amide bonds. The summed E-state index contributed by atoms with van der Waals surface area (Å²) in [5, 5.41) is 0. The van der Waals surface area contributed by atoms with Crippen LogP contribution in [0.15, 0.2) is 12.1 Å². The van der Waals surface area contributed by atoms with Gasteiger partial charge in [-0.2, -0.15) is 0 Å². The third-order valence-corrected chi connectivity index (χ3v) is 9.22. The molecule has 2 saturated carbocycles. The first-order chi connectivity index (χ1) is 17.0. The lowest BCUT2D eigenvalue weighted by Gasteiger charge is -2.41. The standard InChI is InChI=1S/C30H45F3O2/c1-3-5-6-7-20-8-10-24(11-9-20)30-34-18-25(19-35-30)22-12-14-23(15-13-22)26-17-16-21(4-2)27(28(26)31)29(32)33/h16-17,20,22-25,29-30H,3-15,18-19H2,1-2H3. The van der Waals surface area contributed by atoms with Crippen molar-refractivity contribution in [3.63, 3.8) is 0 Å². The molecule has 0 radical (unpaired) electrons. The summed E-state index contributed by atoms with van der Waals surface area (Å²) >= 11 is 0. The average molecular weight is 495 g/mol. The molecule has 3 aliphatic rings. The number of unbranched alkanes of at least 4 members (excludes halogenated alkanes) is 2. The van der Waals surface area contributed by atoms with E-state index in [9.17, 15) is 8.78 Å². The molecule has 5 heteroatoms. The Bertz CT molecular complexity index is 774. The maximum absolute atomic E-state index is 15.0. The number of rotatable bonds is 9. The van der Waals surface area contributed by atoms with Crippen molar-refractivity contribution in [2.24, 2.45) is 23.7 Å². The van der Waals surface area contributed by atoms with Crippen molar-refractivity contribution in [2.45, 2.75) is 116 Å². The topological polar surface area (TPSA) is 18.5 Å². The largest absolute Gasteiger partial charge is 0.352 e. The molecule has 198 valence electrons. The fourth-order valence-electron chi connectivity index (χ4n) is 6.92. The van der Waals surface area contributed by atoms with Gasteiger partial charge >= 0.3 is 0 Å². The van der Waals surface area contributed by atoms with E-state index in [4.69, 9.17) is 9.47 Å². The summed E-state index contributed by atoms with van der Waals surface area (Å²) in [6.07, 6.45) is 11.7. The number of aryl methyl sites for hydroxylation is 1. The number of ether oxygens (including phenoxy) is 2. The van der Waals surface area contributed by atoms with Crippen molar-refractivity contribution in [1.29, 1.82) is 0 Å². The highest BCUT2D eigenvalue weighted by Crippen LogP contribution is 2.43. The van der Waals surface area contributed by atoms with Crippen LogP contribution in [0.5, 0.6) is 0 Å². The summed E-state index contributed by atoms with van der Waals surface area (Å²) in [4.78, 5) is 0. The molecule has 2 nitrogen and oxygen atoms in total. The second-order valence-corrected chi connectivity index (χ2v) is 11.4. The van der Waals surface area contributed by atoms with Gasteiger partial charge in [0, 0.05) is 11.8 Å². The Morgan fingerprint density at radius 2 is 1.49 bits per heavy atom. The SMILES string of the molecule is CCCCCC1CCC(C2OCC(C3CCC(c4ccc(CC)c(C(F)F)c4F)CC3)CO2)CC1. The monoisotopic (exact) mass is 494 g/mol. The average Bonchev–Trinajstić information content (AvgIpc) is 2.89. The van der Waals surface area contributed by atoms with Gasteiger partial charge in [0.05, 0.1) is 18.8 Å². The first kappa shape index (κ1) is 27.0. The molecule has 0 bridgehead atoms. The van der Waals surface area contributed by atoms with Crippen LogP contribution in [0.3, 0.4) is 0 Å². The van der Waals surface area contributed by atoms with Crippen LogP contribution in [0.25, 0.3) is 0 Å². The van der Waals surface area contributed by atoms with Gasteiger partial charge in [0.2, 0.25) is 0 Å². The van der Waals surface area contributed by atoms with Gasteiger partial charge in [-0.1, -0.05) is 51.7 Å². The van der Waals surface area contributed by atoms with Gasteiger partial charge < -0.3 is 9.47 Å². The molecule has 0 atom stereocenters. The van der Waals surface area contributed by atoms with Gasteiger partial charge in [-0.3, -0.25) is 0 Å². The molecule has 1 aromatic rings. The van der Waals surface area contributed by atoms with E-state index in [1.54, 1.807) is 19.1 Å². The molecule has 4 rings (SSSR count). The summed E-state index contributed by atoms with van der Waals surface area (Å²) in [5.41, 5.74) is 0.519. The molecule has 1 aliphatic heterocycles. The van der Waals surface area contributed by atoms with Crippen LogP contribution in [0.4, 0.5) is 13.2 Å². The molecule has 1 saturated heterocycles. The molecule has 0 N–H and O–H groups in total. The maximum Gasteiger partial charge on any atom is 0.266 e. The second kappa shape index (κ2) is 12.9. The summed E-state index contributed by atoms with van der Waals surface area (Å²) in [6, 6.07) is 3.45. The number of alkyl halides is 2. The summed E-state index contributed by atoms with van der Waals surface area (Å²) in [7, 11) is 0. The van der Waals surface area contributed by atoms with Crippen LogP contribution in [0.2, 0.25) is 0 Å². The zero-order chi connectivity index (χ0) is 24.8. The molecule has 0 spiro atoms. The number of hydrogen-bond donors (Lipinski definition) is 0. The molecule has 35 heavy (non-hydrogen) atoms. The second-order valence-electron chi connectivity index (χ2n) is 11.4. The molecule has 3 fully saturated rings. The zero-order valence-electron chi connectivity index (χ0n) is 21.8. The Morgan fingerprint density at radius 1 is 0.829 bits per heavy atom. The van der Waals surface area contributed by atoms with E-state index in [0.29, 0.717) is 35.3 Å². The van der Waals surface area contributed by atoms with E-state index in [1.807, 2.05) is 0 Å². The fourth-order valence-corrected chi connectivity index (χ4v) is 6.92. The minimum atomic E-state index is -2.76. The van der Waals surface area contributed by atoms with Gasteiger partial charge in [-0.25, -0.2) is 13.2 Å². The first-order valence-corrected chi connectivity index (χ1v) is 14.3. The number of halogens is 3. The Morgan fingerprint density at radius 3 is 2.09 bits per heavy atom. The van der Waals surface area contributed by atoms with Gasteiger partial charge in [0.15, 0.2) is 6.29 Å². The van der Waals surface area contributed by atoms with E-state index in [2.05, 4.69) is 6.92 Å². The van der Waals surface area contributed by atoms with E-state index >= 15 is 4.39 Å². The molecule has 1 heterocycles. The molecular formula is C30H45F3O2. The third kappa shape index (κ3) is 6.63. The normalized spacial score (nSPS) is 32.2. The van der Waals surface area contributed by atoms with Crippen molar-refractivity contribution >= 4 is 0 Å². The summed E-state index contributed by atoms with van der Waals surface area (Å²) < 4.78 is 54.5. The molecular weight excluding hydrogens is 449 g/mol. The lowest BCUT2D eigenvalue weighted by Crippen LogP contribution is -2.41. The van der Waals surface area contributed by atoms with Crippen LogP contribution in [0.1, 0.15) is 120 Å². The van der Waals surface area contributed by atoms with Crippen molar-refractivity contribution in [3.05, 3.63) is 34.6 Å². The van der Waals surface area contributed by atoms with E-state index in [1.165, 1.54) is 51.4 Å². The van der Waals surface area contributed by atoms with Gasteiger partial charge in [0.1, 0.15) is 5.82 Å². The predicted molar refractivity (Wildman–Crippen MR) is 134 cm³/mol. The van der Waals surface area contributed by atoms with Crippen molar-refractivity contribution in [1.82, 2.24) is 0 Å². The first-order valence-electron chi connectivity index (χ1n) is 14.3. The van der Waals surface area contributed by atoms with Crippen LogP contribution in [-0.2, 0) is 15.9 Å². The highest BCUT2D eigenvalue weighted by Gasteiger charge is 2.37. The maximum atomic E-state index is 15.0.